The van der Waals surface area contributed by atoms with Crippen molar-refractivity contribution in [2.75, 3.05) is 18.8 Å². The zero-order valence-corrected chi connectivity index (χ0v) is 16.4. The summed E-state index contributed by atoms with van der Waals surface area (Å²) in [6.07, 6.45) is 7.24. The van der Waals surface area contributed by atoms with Gasteiger partial charge in [-0.05, 0) is 24.1 Å². The summed E-state index contributed by atoms with van der Waals surface area (Å²) < 4.78 is 0. The van der Waals surface area contributed by atoms with Gasteiger partial charge in [-0.15, -0.1) is 11.8 Å². The Labute approximate surface area is 169 Å². The van der Waals surface area contributed by atoms with Gasteiger partial charge in [-0.3, -0.25) is 9.59 Å². The number of hydrogen-bond acceptors (Lipinski definition) is 4. The molecule has 6 heteroatoms. The van der Waals surface area contributed by atoms with Gasteiger partial charge in [-0.2, -0.15) is 0 Å². The molecule has 2 aliphatic heterocycles. The highest BCUT2D eigenvalue weighted by Gasteiger charge is 2.38. The highest BCUT2D eigenvalue weighted by molar-refractivity contribution is 7.99. The van der Waals surface area contributed by atoms with Gasteiger partial charge < -0.3 is 10.2 Å². The monoisotopic (exact) mass is 393 g/mol. The first kappa shape index (κ1) is 18.7. The van der Waals surface area contributed by atoms with Crippen LogP contribution in [0.1, 0.15) is 28.8 Å². The smallest absolute Gasteiger partial charge is 0.256 e. The number of fused-ring (bicyclic) bond motifs is 1. The quantitative estimate of drug-likeness (QED) is 0.792. The standard InChI is InChI=1S/C22H23N3O2S/c26-20-14-17-15-25(12-10-19(17)24-20)22(27)18-9-4-11-23-21(18)28-13-5-8-16-6-2-1-3-7-16/h1-9,11,17,19H,10,12-15H2,(H,24,26)/b8-5+/t17-,19+/m1/s1. The maximum atomic E-state index is 13.1. The van der Waals surface area contributed by atoms with Gasteiger partial charge in [0.1, 0.15) is 5.03 Å². The summed E-state index contributed by atoms with van der Waals surface area (Å²) in [7, 11) is 0. The van der Waals surface area contributed by atoms with Crippen LogP contribution in [0.25, 0.3) is 6.08 Å². The van der Waals surface area contributed by atoms with Gasteiger partial charge in [-0.1, -0.05) is 42.5 Å². The molecule has 5 nitrogen and oxygen atoms in total. The Balaban J connectivity index is 1.40. The zero-order chi connectivity index (χ0) is 19.3. The van der Waals surface area contributed by atoms with Gasteiger partial charge in [-0.25, -0.2) is 4.98 Å². The Morgan fingerprint density at radius 3 is 2.96 bits per heavy atom. The van der Waals surface area contributed by atoms with E-state index in [9.17, 15) is 9.59 Å². The molecule has 1 N–H and O–H groups in total. The molecule has 0 saturated carbocycles. The van der Waals surface area contributed by atoms with Crippen molar-refractivity contribution in [1.82, 2.24) is 15.2 Å². The number of likely N-dealkylation sites (tertiary alicyclic amines) is 1. The Kier molecular flexibility index (Phi) is 5.76. The first-order valence-corrected chi connectivity index (χ1v) is 10.6. The number of nitrogens with zero attached hydrogens (tertiary/aromatic N) is 2. The highest BCUT2D eigenvalue weighted by atomic mass is 32.2. The molecule has 2 amide bonds. The second kappa shape index (κ2) is 8.61. The zero-order valence-electron chi connectivity index (χ0n) is 15.6. The fourth-order valence-electron chi connectivity index (χ4n) is 3.83. The highest BCUT2D eigenvalue weighted by Crippen LogP contribution is 2.28. The Morgan fingerprint density at radius 2 is 2.11 bits per heavy atom. The van der Waals surface area contributed by atoms with E-state index in [1.165, 1.54) is 0 Å². The summed E-state index contributed by atoms with van der Waals surface area (Å²) >= 11 is 1.57. The van der Waals surface area contributed by atoms with Crippen molar-refractivity contribution in [2.24, 2.45) is 5.92 Å². The molecular weight excluding hydrogens is 370 g/mol. The normalized spacial score (nSPS) is 21.6. The molecular formula is C22H23N3O2S. The summed E-state index contributed by atoms with van der Waals surface area (Å²) in [6.45, 7) is 1.31. The van der Waals surface area contributed by atoms with Gasteiger partial charge in [0.25, 0.3) is 5.91 Å². The van der Waals surface area contributed by atoms with Gasteiger partial charge in [0.15, 0.2) is 0 Å². The van der Waals surface area contributed by atoms with Gasteiger partial charge in [0, 0.05) is 43.4 Å². The van der Waals surface area contributed by atoms with E-state index in [1.54, 1.807) is 18.0 Å². The van der Waals surface area contributed by atoms with E-state index in [1.807, 2.05) is 35.2 Å². The molecule has 4 rings (SSSR count). The molecule has 1 aromatic carbocycles. The molecule has 2 fully saturated rings. The van der Waals surface area contributed by atoms with Gasteiger partial charge >= 0.3 is 0 Å². The van der Waals surface area contributed by atoms with Crippen LogP contribution in [0, 0.1) is 5.92 Å². The first-order valence-electron chi connectivity index (χ1n) is 9.59. The lowest BCUT2D eigenvalue weighted by molar-refractivity contribution is -0.119. The van der Waals surface area contributed by atoms with E-state index < -0.39 is 0 Å². The van der Waals surface area contributed by atoms with Crippen molar-refractivity contribution >= 4 is 29.7 Å². The fourth-order valence-corrected chi connectivity index (χ4v) is 4.63. The number of hydrogen-bond donors (Lipinski definition) is 1. The molecule has 3 heterocycles. The van der Waals surface area contributed by atoms with Crippen LogP contribution in [0.2, 0.25) is 0 Å². The second-order valence-electron chi connectivity index (χ2n) is 7.16. The molecule has 0 aliphatic carbocycles. The van der Waals surface area contributed by atoms with E-state index in [0.717, 1.165) is 22.8 Å². The molecule has 1 aromatic heterocycles. The van der Waals surface area contributed by atoms with E-state index in [2.05, 4.69) is 34.6 Å². The third kappa shape index (κ3) is 4.28. The number of carbonyl (C=O) groups is 2. The second-order valence-corrected chi connectivity index (χ2v) is 8.17. The van der Waals surface area contributed by atoms with Gasteiger partial charge in [0.05, 0.1) is 5.56 Å². The number of pyridine rings is 1. The van der Waals surface area contributed by atoms with Crippen LogP contribution in [-0.4, -0.2) is 46.6 Å². The summed E-state index contributed by atoms with van der Waals surface area (Å²) in [6, 6.07) is 14.0. The van der Waals surface area contributed by atoms with Crippen LogP contribution in [0.5, 0.6) is 0 Å². The van der Waals surface area contributed by atoms with Crippen molar-refractivity contribution in [3.63, 3.8) is 0 Å². The number of carbonyl (C=O) groups excluding carboxylic acids is 2. The molecule has 2 aromatic rings. The lowest BCUT2D eigenvalue weighted by Gasteiger charge is -2.34. The van der Waals surface area contributed by atoms with E-state index in [4.69, 9.17) is 0 Å². The van der Waals surface area contributed by atoms with Crippen molar-refractivity contribution in [1.29, 1.82) is 0 Å². The predicted octanol–water partition coefficient (Wildman–Crippen LogP) is 3.24. The fraction of sp³-hybridized carbons (Fsp3) is 0.318. The maximum Gasteiger partial charge on any atom is 0.256 e. The summed E-state index contributed by atoms with van der Waals surface area (Å²) in [5, 5.41) is 3.77. The van der Waals surface area contributed by atoms with E-state index in [0.29, 0.717) is 25.1 Å². The SMILES string of the molecule is O=C1C[C@@H]2CN(C(=O)c3cccnc3SC/C=C/c3ccccc3)CC[C@@H]2N1. The molecule has 2 atom stereocenters. The lowest BCUT2D eigenvalue weighted by Crippen LogP contribution is -2.47. The van der Waals surface area contributed by atoms with Crippen LogP contribution in [0.3, 0.4) is 0 Å². The maximum absolute atomic E-state index is 13.1. The van der Waals surface area contributed by atoms with Crippen molar-refractivity contribution in [3.05, 3.63) is 65.9 Å². The Hall–Kier alpha value is -2.60. The Morgan fingerprint density at radius 1 is 1.25 bits per heavy atom. The van der Waals surface area contributed by atoms with Crippen LogP contribution in [-0.2, 0) is 4.79 Å². The molecule has 144 valence electrons. The number of rotatable bonds is 5. The van der Waals surface area contributed by atoms with Gasteiger partial charge in [0.2, 0.25) is 5.91 Å². The molecule has 0 unspecified atom stereocenters. The third-order valence-corrected chi connectivity index (χ3v) is 6.20. The van der Waals surface area contributed by atoms with Crippen LogP contribution in [0.4, 0.5) is 0 Å². The van der Waals surface area contributed by atoms with Crippen molar-refractivity contribution < 1.29 is 9.59 Å². The van der Waals surface area contributed by atoms with Crippen molar-refractivity contribution in [3.8, 4) is 0 Å². The largest absolute Gasteiger partial charge is 0.353 e. The van der Waals surface area contributed by atoms with E-state index in [-0.39, 0.29) is 23.8 Å². The van der Waals surface area contributed by atoms with E-state index >= 15 is 0 Å². The third-order valence-electron chi connectivity index (χ3n) is 5.24. The molecule has 2 aliphatic rings. The molecule has 0 bridgehead atoms. The average Bonchev–Trinajstić information content (AvgIpc) is 3.11. The number of piperidine rings is 1. The topological polar surface area (TPSA) is 62.3 Å². The summed E-state index contributed by atoms with van der Waals surface area (Å²) in [4.78, 5) is 31.0. The molecule has 2 saturated heterocycles. The van der Waals surface area contributed by atoms with Crippen molar-refractivity contribution in [2.45, 2.75) is 23.9 Å². The first-order chi connectivity index (χ1) is 13.7. The average molecular weight is 394 g/mol. The summed E-state index contributed by atoms with van der Waals surface area (Å²) in [5.41, 5.74) is 1.80. The minimum atomic E-state index is 0.0143. The predicted molar refractivity (Wildman–Crippen MR) is 111 cm³/mol. The molecule has 0 spiro atoms. The number of thioether (sulfide) groups is 1. The number of amides is 2. The molecule has 0 radical (unpaired) electrons. The van der Waals surface area contributed by atoms with Crippen LogP contribution >= 0.6 is 11.8 Å². The Bertz CT molecular complexity index is 884. The van der Waals surface area contributed by atoms with Crippen LogP contribution in [0.15, 0.2) is 59.8 Å². The number of benzene rings is 1. The minimum absolute atomic E-state index is 0.0143. The van der Waals surface area contributed by atoms with Crippen LogP contribution < -0.4 is 5.32 Å². The summed E-state index contributed by atoms with van der Waals surface area (Å²) in [5.74, 6) is 1.09. The number of aromatic nitrogens is 1. The lowest BCUT2D eigenvalue weighted by atomic mass is 9.93. The minimum Gasteiger partial charge on any atom is -0.353 e. The number of nitrogens with one attached hydrogen (secondary N) is 1. The molecule has 28 heavy (non-hydrogen) atoms.